The summed E-state index contributed by atoms with van der Waals surface area (Å²) in [6.07, 6.45) is 0. The molecule has 0 amide bonds. The zero-order valence-corrected chi connectivity index (χ0v) is 7.12. The molecule has 0 aliphatic carbocycles. The highest BCUT2D eigenvalue weighted by molar-refractivity contribution is 4.98. The van der Waals surface area contributed by atoms with E-state index >= 15 is 0 Å². The average molecular weight is 176 g/mol. The van der Waals surface area contributed by atoms with Crippen LogP contribution in [0.5, 0.6) is 0 Å². The largest absolute Gasteiger partial charge is 0.336 e. The normalized spacial score (nSPS) is 12.5. The third kappa shape index (κ3) is 1.57. The molecule has 0 radical (unpaired) electrons. The van der Waals surface area contributed by atoms with Crippen LogP contribution in [0.15, 0.2) is 0 Å². The lowest BCUT2D eigenvalue weighted by molar-refractivity contribution is 0.0482. The SMILES string of the molecule is CC(C)(C)c1nnnn1C(F)F. The van der Waals surface area contributed by atoms with Crippen molar-refractivity contribution in [1.82, 2.24) is 20.2 Å². The molecule has 0 aromatic carbocycles. The number of aromatic nitrogens is 4. The molecule has 0 saturated heterocycles. The second-order valence-corrected chi connectivity index (χ2v) is 3.47. The zero-order chi connectivity index (χ0) is 9.35. The molecule has 1 aromatic heterocycles. The van der Waals surface area contributed by atoms with Gasteiger partial charge in [0.2, 0.25) is 0 Å². The Balaban J connectivity index is 3.08. The van der Waals surface area contributed by atoms with Gasteiger partial charge in [-0.2, -0.15) is 13.5 Å². The molecule has 12 heavy (non-hydrogen) atoms. The molecule has 0 unspecified atom stereocenters. The summed E-state index contributed by atoms with van der Waals surface area (Å²) in [6, 6.07) is 0. The second-order valence-electron chi connectivity index (χ2n) is 3.47. The minimum atomic E-state index is -2.67. The fraction of sp³-hybridized carbons (Fsp3) is 0.833. The van der Waals surface area contributed by atoms with Gasteiger partial charge in [0.1, 0.15) is 0 Å². The Morgan fingerprint density at radius 1 is 1.33 bits per heavy atom. The molecule has 0 fully saturated rings. The number of nitrogens with zero attached hydrogens (tertiary/aromatic N) is 4. The molecule has 0 saturated carbocycles. The van der Waals surface area contributed by atoms with Gasteiger partial charge in [0.15, 0.2) is 5.82 Å². The van der Waals surface area contributed by atoms with E-state index in [0.29, 0.717) is 4.68 Å². The highest BCUT2D eigenvalue weighted by Gasteiger charge is 2.25. The van der Waals surface area contributed by atoms with E-state index in [1.54, 1.807) is 20.8 Å². The standard InChI is InChI=1S/C6H10F2N4/c1-6(2,3)4-9-10-11-12(4)5(7)8/h5H,1-3H3. The van der Waals surface area contributed by atoms with Gasteiger partial charge in [0.25, 0.3) is 0 Å². The summed E-state index contributed by atoms with van der Waals surface area (Å²) in [6.45, 7) is 2.65. The lowest BCUT2D eigenvalue weighted by atomic mass is 9.96. The topological polar surface area (TPSA) is 43.6 Å². The van der Waals surface area contributed by atoms with Gasteiger partial charge in [-0.15, -0.1) is 5.10 Å². The molecular weight excluding hydrogens is 166 g/mol. The van der Waals surface area contributed by atoms with E-state index in [1.807, 2.05) is 0 Å². The lowest BCUT2D eigenvalue weighted by Crippen LogP contribution is -2.20. The maximum Gasteiger partial charge on any atom is 0.336 e. The minimum Gasteiger partial charge on any atom is -0.184 e. The number of halogens is 2. The summed E-state index contributed by atoms with van der Waals surface area (Å²) in [5, 5.41) is 9.91. The van der Waals surface area contributed by atoms with Crippen LogP contribution in [0.4, 0.5) is 8.78 Å². The molecule has 0 N–H and O–H groups in total. The van der Waals surface area contributed by atoms with Crippen LogP contribution in [-0.2, 0) is 5.41 Å². The first kappa shape index (κ1) is 9.02. The van der Waals surface area contributed by atoms with Crippen molar-refractivity contribution in [2.45, 2.75) is 32.7 Å². The molecule has 68 valence electrons. The van der Waals surface area contributed by atoms with Crippen LogP contribution >= 0.6 is 0 Å². The highest BCUT2D eigenvalue weighted by atomic mass is 19.3. The van der Waals surface area contributed by atoms with Crippen molar-refractivity contribution in [3.05, 3.63) is 5.82 Å². The number of alkyl halides is 2. The van der Waals surface area contributed by atoms with E-state index in [4.69, 9.17) is 0 Å². The van der Waals surface area contributed by atoms with Gasteiger partial charge in [-0.05, 0) is 10.4 Å². The summed E-state index contributed by atoms with van der Waals surface area (Å²) in [4.78, 5) is 0. The summed E-state index contributed by atoms with van der Waals surface area (Å²) in [5.41, 5.74) is -0.458. The fourth-order valence-electron chi connectivity index (χ4n) is 0.819. The predicted molar refractivity (Wildman–Crippen MR) is 37.8 cm³/mol. The van der Waals surface area contributed by atoms with Gasteiger partial charge in [-0.3, -0.25) is 0 Å². The second kappa shape index (κ2) is 2.76. The summed E-state index contributed by atoms with van der Waals surface area (Å²) >= 11 is 0. The molecule has 0 atom stereocenters. The Hall–Kier alpha value is -1.07. The Morgan fingerprint density at radius 3 is 2.25 bits per heavy atom. The summed E-state index contributed by atoms with van der Waals surface area (Å²) in [5.74, 6) is 0.192. The van der Waals surface area contributed by atoms with Crippen molar-refractivity contribution in [2.75, 3.05) is 0 Å². The van der Waals surface area contributed by atoms with Gasteiger partial charge in [0, 0.05) is 5.41 Å². The van der Waals surface area contributed by atoms with Gasteiger partial charge in [0.05, 0.1) is 0 Å². The van der Waals surface area contributed by atoms with Gasteiger partial charge < -0.3 is 0 Å². The maximum absolute atomic E-state index is 12.2. The first-order valence-corrected chi connectivity index (χ1v) is 3.49. The van der Waals surface area contributed by atoms with Gasteiger partial charge in [-0.1, -0.05) is 20.8 Å². The molecule has 1 heterocycles. The monoisotopic (exact) mass is 176 g/mol. The summed E-state index contributed by atoms with van der Waals surface area (Å²) < 4.78 is 25.0. The number of rotatable bonds is 1. The van der Waals surface area contributed by atoms with Crippen molar-refractivity contribution in [1.29, 1.82) is 0 Å². The zero-order valence-electron chi connectivity index (χ0n) is 7.12. The van der Waals surface area contributed by atoms with Crippen molar-refractivity contribution in [3.8, 4) is 0 Å². The highest BCUT2D eigenvalue weighted by Crippen LogP contribution is 2.22. The molecule has 0 spiro atoms. The molecule has 6 heteroatoms. The quantitative estimate of drug-likeness (QED) is 0.649. The van der Waals surface area contributed by atoms with Crippen LogP contribution in [0.2, 0.25) is 0 Å². The van der Waals surface area contributed by atoms with E-state index in [-0.39, 0.29) is 5.82 Å². The first-order chi connectivity index (χ1) is 5.43. The maximum atomic E-state index is 12.2. The molecular formula is C6H10F2N4. The molecule has 1 aromatic rings. The smallest absolute Gasteiger partial charge is 0.184 e. The predicted octanol–water partition coefficient (Wildman–Crippen LogP) is 1.37. The molecule has 0 aliphatic heterocycles. The molecule has 0 bridgehead atoms. The van der Waals surface area contributed by atoms with Crippen LogP contribution in [0.1, 0.15) is 33.1 Å². The van der Waals surface area contributed by atoms with Crippen molar-refractivity contribution in [3.63, 3.8) is 0 Å². The minimum absolute atomic E-state index is 0.192. The third-order valence-electron chi connectivity index (χ3n) is 1.35. The van der Waals surface area contributed by atoms with Gasteiger partial charge in [-0.25, -0.2) is 0 Å². The van der Waals surface area contributed by atoms with Crippen LogP contribution in [0.25, 0.3) is 0 Å². The van der Waals surface area contributed by atoms with E-state index < -0.39 is 12.0 Å². The van der Waals surface area contributed by atoms with Crippen molar-refractivity contribution < 1.29 is 8.78 Å². The molecule has 4 nitrogen and oxygen atoms in total. The average Bonchev–Trinajstić information content (AvgIpc) is 2.30. The van der Waals surface area contributed by atoms with Crippen LogP contribution in [-0.4, -0.2) is 20.2 Å². The van der Waals surface area contributed by atoms with E-state index in [1.165, 1.54) is 0 Å². The molecule has 1 rings (SSSR count). The van der Waals surface area contributed by atoms with E-state index in [9.17, 15) is 8.78 Å². The Morgan fingerprint density at radius 2 is 1.92 bits per heavy atom. The number of hydrogen-bond donors (Lipinski definition) is 0. The fourth-order valence-corrected chi connectivity index (χ4v) is 0.819. The number of tetrazole rings is 1. The van der Waals surface area contributed by atoms with Crippen molar-refractivity contribution >= 4 is 0 Å². The number of hydrogen-bond acceptors (Lipinski definition) is 3. The van der Waals surface area contributed by atoms with Crippen LogP contribution in [0, 0.1) is 0 Å². The Labute approximate surface area is 68.6 Å². The Bertz CT molecular complexity index is 263. The Kier molecular flexibility index (Phi) is 2.08. The first-order valence-electron chi connectivity index (χ1n) is 3.49. The van der Waals surface area contributed by atoms with E-state index in [2.05, 4.69) is 15.5 Å². The lowest BCUT2D eigenvalue weighted by Gasteiger charge is -2.16. The van der Waals surface area contributed by atoms with Crippen molar-refractivity contribution in [2.24, 2.45) is 0 Å². The summed E-state index contributed by atoms with van der Waals surface area (Å²) in [7, 11) is 0. The molecule has 0 aliphatic rings. The van der Waals surface area contributed by atoms with E-state index in [0.717, 1.165) is 0 Å². The van der Waals surface area contributed by atoms with Gasteiger partial charge >= 0.3 is 6.55 Å². The van der Waals surface area contributed by atoms with Crippen LogP contribution < -0.4 is 0 Å². The van der Waals surface area contributed by atoms with Crippen LogP contribution in [0.3, 0.4) is 0 Å². The third-order valence-corrected chi connectivity index (χ3v) is 1.35.